The van der Waals surface area contributed by atoms with Gasteiger partial charge in [0, 0.05) is 17.8 Å². The fourth-order valence-electron chi connectivity index (χ4n) is 2.13. The third kappa shape index (κ3) is 4.72. The van der Waals surface area contributed by atoms with Crippen LogP contribution in [-0.2, 0) is 4.79 Å². The van der Waals surface area contributed by atoms with Crippen LogP contribution in [0.4, 0.5) is 0 Å². The van der Waals surface area contributed by atoms with Crippen LogP contribution in [0.2, 0.25) is 0 Å². The molecule has 0 aliphatic heterocycles. The van der Waals surface area contributed by atoms with Gasteiger partial charge in [-0.1, -0.05) is 13.3 Å². The summed E-state index contributed by atoms with van der Waals surface area (Å²) < 4.78 is 0. The lowest BCUT2D eigenvalue weighted by molar-refractivity contribution is -0.139. The van der Waals surface area contributed by atoms with Crippen LogP contribution in [0.1, 0.15) is 32.6 Å². The number of nitrogens with one attached hydrogen (secondary N) is 1. The van der Waals surface area contributed by atoms with Gasteiger partial charge < -0.3 is 15.5 Å². The molecule has 0 aromatic carbocycles. The molecule has 3 atom stereocenters. The molecule has 1 fully saturated rings. The Morgan fingerprint density at radius 1 is 1.56 bits per heavy atom. The van der Waals surface area contributed by atoms with Crippen molar-refractivity contribution in [1.29, 1.82) is 0 Å². The van der Waals surface area contributed by atoms with Gasteiger partial charge in [-0.3, -0.25) is 4.79 Å². The summed E-state index contributed by atoms with van der Waals surface area (Å²) in [6.07, 6.45) is 2.64. The second-order valence-electron chi connectivity index (χ2n) is 4.19. The fraction of sp³-hybridized carbons (Fsp3) is 0.909. The average molecular weight is 247 g/mol. The van der Waals surface area contributed by atoms with E-state index in [0.717, 1.165) is 12.2 Å². The first-order valence-corrected chi connectivity index (χ1v) is 6.93. The summed E-state index contributed by atoms with van der Waals surface area (Å²) in [6.45, 7) is 2.54. The molecule has 1 rings (SSSR count). The molecule has 0 amide bonds. The van der Waals surface area contributed by atoms with Gasteiger partial charge in [-0.25, -0.2) is 0 Å². The summed E-state index contributed by atoms with van der Waals surface area (Å²) in [5.74, 6) is 0.167. The van der Waals surface area contributed by atoms with Crippen LogP contribution in [-0.4, -0.2) is 45.9 Å². The van der Waals surface area contributed by atoms with Gasteiger partial charge in [0.15, 0.2) is 0 Å². The predicted molar refractivity (Wildman–Crippen MR) is 65.8 cm³/mol. The van der Waals surface area contributed by atoms with Crippen LogP contribution in [0.25, 0.3) is 0 Å². The van der Waals surface area contributed by atoms with Gasteiger partial charge in [-0.15, -0.1) is 0 Å². The number of aliphatic carboxylic acids is 1. The SMILES string of the molecule is CCSC1CCCC1NCC(O)CC(=O)O. The van der Waals surface area contributed by atoms with Crippen molar-refractivity contribution in [3.8, 4) is 0 Å². The molecule has 1 saturated carbocycles. The predicted octanol–water partition coefficient (Wildman–Crippen LogP) is 1.09. The number of aliphatic hydroxyl groups excluding tert-OH is 1. The van der Waals surface area contributed by atoms with Crippen molar-refractivity contribution in [1.82, 2.24) is 5.32 Å². The Balaban J connectivity index is 2.23. The molecular formula is C11H21NO3S. The van der Waals surface area contributed by atoms with Crippen molar-refractivity contribution < 1.29 is 15.0 Å². The van der Waals surface area contributed by atoms with Gasteiger partial charge in [-0.2, -0.15) is 11.8 Å². The van der Waals surface area contributed by atoms with Crippen LogP contribution >= 0.6 is 11.8 Å². The van der Waals surface area contributed by atoms with E-state index in [1.165, 1.54) is 12.8 Å². The molecule has 16 heavy (non-hydrogen) atoms. The van der Waals surface area contributed by atoms with E-state index >= 15 is 0 Å². The first-order valence-electron chi connectivity index (χ1n) is 5.88. The highest BCUT2D eigenvalue weighted by atomic mass is 32.2. The third-order valence-corrected chi connectivity index (χ3v) is 4.18. The lowest BCUT2D eigenvalue weighted by Crippen LogP contribution is -2.39. The van der Waals surface area contributed by atoms with Crippen molar-refractivity contribution in [2.24, 2.45) is 0 Å². The molecular weight excluding hydrogens is 226 g/mol. The van der Waals surface area contributed by atoms with E-state index in [4.69, 9.17) is 5.11 Å². The molecule has 0 aromatic heterocycles. The third-order valence-electron chi connectivity index (χ3n) is 2.86. The molecule has 0 aromatic rings. The quantitative estimate of drug-likeness (QED) is 0.628. The first-order chi connectivity index (χ1) is 7.63. The monoisotopic (exact) mass is 247 g/mol. The number of hydrogen-bond donors (Lipinski definition) is 3. The van der Waals surface area contributed by atoms with Crippen molar-refractivity contribution in [2.45, 2.75) is 50.0 Å². The lowest BCUT2D eigenvalue weighted by Gasteiger charge is -2.21. The summed E-state index contributed by atoms with van der Waals surface area (Å²) in [5.41, 5.74) is 0. The second kappa shape index (κ2) is 7.14. The standard InChI is InChI=1S/C11H21NO3S/c1-2-16-10-5-3-4-9(10)12-7-8(13)6-11(14)15/h8-10,12-13H,2-7H2,1H3,(H,14,15). The molecule has 1 aliphatic rings. The highest BCUT2D eigenvalue weighted by Crippen LogP contribution is 2.29. The Morgan fingerprint density at radius 2 is 2.31 bits per heavy atom. The van der Waals surface area contributed by atoms with Crippen molar-refractivity contribution in [3.05, 3.63) is 0 Å². The van der Waals surface area contributed by atoms with E-state index in [-0.39, 0.29) is 6.42 Å². The van der Waals surface area contributed by atoms with E-state index in [0.29, 0.717) is 17.8 Å². The molecule has 5 heteroatoms. The number of carbonyl (C=O) groups is 1. The summed E-state index contributed by atoms with van der Waals surface area (Å²) >= 11 is 1.95. The molecule has 0 spiro atoms. The summed E-state index contributed by atoms with van der Waals surface area (Å²) in [7, 11) is 0. The zero-order chi connectivity index (χ0) is 12.0. The highest BCUT2D eigenvalue weighted by molar-refractivity contribution is 7.99. The second-order valence-corrected chi connectivity index (χ2v) is 5.71. The lowest BCUT2D eigenvalue weighted by atomic mass is 10.2. The molecule has 0 radical (unpaired) electrons. The molecule has 1 aliphatic carbocycles. The van der Waals surface area contributed by atoms with E-state index in [1.807, 2.05) is 11.8 Å². The Kier molecular flexibility index (Phi) is 6.16. The Labute approximate surface area is 101 Å². The zero-order valence-corrected chi connectivity index (χ0v) is 10.5. The summed E-state index contributed by atoms with van der Waals surface area (Å²) in [5, 5.41) is 21.9. The van der Waals surface area contributed by atoms with Gasteiger partial charge in [0.2, 0.25) is 0 Å². The maximum atomic E-state index is 10.4. The number of carboxylic acid groups (broad SMARTS) is 1. The van der Waals surface area contributed by atoms with E-state index in [1.54, 1.807) is 0 Å². The van der Waals surface area contributed by atoms with Gasteiger partial charge in [0.1, 0.15) is 0 Å². The number of thioether (sulfide) groups is 1. The highest BCUT2D eigenvalue weighted by Gasteiger charge is 2.27. The van der Waals surface area contributed by atoms with E-state index in [2.05, 4.69) is 12.2 Å². The average Bonchev–Trinajstić information content (AvgIpc) is 2.62. The van der Waals surface area contributed by atoms with Gasteiger partial charge in [0.05, 0.1) is 12.5 Å². The summed E-state index contributed by atoms with van der Waals surface area (Å²) in [6, 6.07) is 0.438. The normalized spacial score (nSPS) is 26.9. The van der Waals surface area contributed by atoms with Crippen molar-refractivity contribution in [2.75, 3.05) is 12.3 Å². The van der Waals surface area contributed by atoms with Crippen LogP contribution in [0.5, 0.6) is 0 Å². The zero-order valence-electron chi connectivity index (χ0n) is 9.69. The van der Waals surface area contributed by atoms with Gasteiger partial charge in [-0.05, 0) is 18.6 Å². The van der Waals surface area contributed by atoms with Crippen molar-refractivity contribution >= 4 is 17.7 Å². The minimum atomic E-state index is -0.944. The Hall–Kier alpha value is -0.260. The topological polar surface area (TPSA) is 69.6 Å². The number of carboxylic acids is 1. The minimum Gasteiger partial charge on any atom is -0.481 e. The first kappa shape index (κ1) is 13.8. The smallest absolute Gasteiger partial charge is 0.306 e. The Bertz CT molecular complexity index is 225. The maximum Gasteiger partial charge on any atom is 0.306 e. The largest absolute Gasteiger partial charge is 0.481 e. The van der Waals surface area contributed by atoms with E-state index < -0.39 is 12.1 Å². The molecule has 94 valence electrons. The minimum absolute atomic E-state index is 0.175. The number of rotatable bonds is 7. The fourth-order valence-corrected chi connectivity index (χ4v) is 3.36. The molecule has 0 bridgehead atoms. The Morgan fingerprint density at radius 3 is 2.94 bits per heavy atom. The van der Waals surface area contributed by atoms with Gasteiger partial charge in [0.25, 0.3) is 0 Å². The summed E-state index contributed by atoms with van der Waals surface area (Å²) in [4.78, 5) is 10.4. The van der Waals surface area contributed by atoms with Crippen LogP contribution in [0.15, 0.2) is 0 Å². The van der Waals surface area contributed by atoms with Crippen LogP contribution in [0, 0.1) is 0 Å². The number of aliphatic hydroxyl groups is 1. The van der Waals surface area contributed by atoms with Crippen molar-refractivity contribution in [3.63, 3.8) is 0 Å². The van der Waals surface area contributed by atoms with E-state index in [9.17, 15) is 9.90 Å². The van der Waals surface area contributed by atoms with Gasteiger partial charge >= 0.3 is 5.97 Å². The molecule has 0 heterocycles. The van der Waals surface area contributed by atoms with Crippen LogP contribution < -0.4 is 5.32 Å². The maximum absolute atomic E-state index is 10.4. The molecule has 3 unspecified atom stereocenters. The van der Waals surface area contributed by atoms with Crippen LogP contribution in [0.3, 0.4) is 0 Å². The molecule has 0 saturated heterocycles. The molecule has 3 N–H and O–H groups in total. The molecule has 4 nitrogen and oxygen atoms in total. The number of hydrogen-bond acceptors (Lipinski definition) is 4.